The molecule has 1 saturated heterocycles. The second-order valence-electron chi connectivity index (χ2n) is 4.21. The summed E-state index contributed by atoms with van der Waals surface area (Å²) in [5.41, 5.74) is 0.315. The number of benzene rings is 1. The molecule has 1 aliphatic rings. The molecule has 0 aromatic heterocycles. The van der Waals surface area contributed by atoms with E-state index in [0.717, 1.165) is 19.2 Å². The van der Waals surface area contributed by atoms with E-state index in [1.165, 1.54) is 0 Å². The van der Waals surface area contributed by atoms with Crippen molar-refractivity contribution in [2.24, 2.45) is 0 Å². The van der Waals surface area contributed by atoms with Crippen LogP contribution in [-0.4, -0.2) is 19.7 Å². The van der Waals surface area contributed by atoms with Crippen LogP contribution >= 0.6 is 0 Å². The van der Waals surface area contributed by atoms with E-state index < -0.39 is 18.2 Å². The molecule has 100 valence electrons. The van der Waals surface area contributed by atoms with Crippen molar-refractivity contribution in [2.45, 2.75) is 25.4 Å². The first-order valence-electron chi connectivity index (χ1n) is 5.72. The van der Waals surface area contributed by atoms with Gasteiger partial charge in [0.25, 0.3) is 0 Å². The number of nitrogens with one attached hydrogen (secondary N) is 1. The first-order valence-corrected chi connectivity index (χ1v) is 5.72. The van der Waals surface area contributed by atoms with Crippen molar-refractivity contribution in [2.75, 3.05) is 13.1 Å². The second-order valence-corrected chi connectivity index (χ2v) is 4.21. The molecule has 18 heavy (non-hydrogen) atoms. The maximum atomic E-state index is 13.2. The predicted octanol–water partition coefficient (Wildman–Crippen LogP) is 3.03. The highest BCUT2D eigenvalue weighted by Gasteiger charge is 2.23. The van der Waals surface area contributed by atoms with Crippen LogP contribution in [0.15, 0.2) is 12.1 Å². The summed E-state index contributed by atoms with van der Waals surface area (Å²) in [4.78, 5) is 0. The zero-order valence-electron chi connectivity index (χ0n) is 9.56. The molecule has 0 radical (unpaired) electrons. The monoisotopic (exact) mass is 263 g/mol. The average molecular weight is 263 g/mol. The molecule has 2 nitrogen and oxygen atoms in total. The van der Waals surface area contributed by atoms with E-state index in [2.05, 4.69) is 10.1 Å². The molecule has 1 fully saturated rings. The fourth-order valence-corrected chi connectivity index (χ4v) is 2.19. The van der Waals surface area contributed by atoms with Gasteiger partial charge in [-0.3, -0.25) is 0 Å². The lowest BCUT2D eigenvalue weighted by Crippen LogP contribution is -2.27. The summed E-state index contributed by atoms with van der Waals surface area (Å²) in [5.74, 6) is -2.57. The average Bonchev–Trinajstić information content (AvgIpc) is 2.34. The molecule has 1 aromatic rings. The number of piperidine rings is 1. The van der Waals surface area contributed by atoms with Gasteiger partial charge in [-0.05, 0) is 37.9 Å². The van der Waals surface area contributed by atoms with Gasteiger partial charge in [0.1, 0.15) is 5.75 Å². The molecule has 1 aliphatic heterocycles. The number of hydrogen-bond acceptors (Lipinski definition) is 2. The van der Waals surface area contributed by atoms with Gasteiger partial charge in [-0.25, -0.2) is 8.78 Å². The molecule has 0 amide bonds. The third-order valence-corrected chi connectivity index (χ3v) is 3.05. The lowest BCUT2D eigenvalue weighted by molar-refractivity contribution is -0.0509. The summed E-state index contributed by atoms with van der Waals surface area (Å²) in [6.45, 7) is -1.61. The number of halogens is 4. The lowest BCUT2D eigenvalue weighted by Gasteiger charge is -2.25. The molecule has 1 N–H and O–H groups in total. The zero-order valence-corrected chi connectivity index (χ0v) is 9.56. The quantitative estimate of drug-likeness (QED) is 0.846. The van der Waals surface area contributed by atoms with Crippen molar-refractivity contribution in [3.63, 3.8) is 0 Å². The fourth-order valence-electron chi connectivity index (χ4n) is 2.19. The Kier molecular flexibility index (Phi) is 4.06. The van der Waals surface area contributed by atoms with E-state index in [1.54, 1.807) is 0 Å². The van der Waals surface area contributed by atoms with Crippen molar-refractivity contribution in [1.29, 1.82) is 0 Å². The van der Waals surface area contributed by atoms with E-state index >= 15 is 0 Å². The van der Waals surface area contributed by atoms with Crippen LogP contribution in [0.25, 0.3) is 0 Å². The largest absolute Gasteiger partial charge is 0.434 e. The van der Waals surface area contributed by atoms with Crippen LogP contribution in [0.5, 0.6) is 5.75 Å². The maximum Gasteiger partial charge on any atom is 0.387 e. The predicted molar refractivity (Wildman–Crippen MR) is 57.8 cm³/mol. The minimum Gasteiger partial charge on any atom is -0.434 e. The molecule has 0 saturated carbocycles. The van der Waals surface area contributed by atoms with E-state index in [-0.39, 0.29) is 11.7 Å². The van der Waals surface area contributed by atoms with Gasteiger partial charge in [0, 0.05) is 11.6 Å². The van der Waals surface area contributed by atoms with E-state index in [4.69, 9.17) is 0 Å². The molecule has 0 aliphatic carbocycles. The van der Waals surface area contributed by atoms with Gasteiger partial charge in [-0.15, -0.1) is 0 Å². The van der Waals surface area contributed by atoms with E-state index in [1.807, 2.05) is 0 Å². The third-order valence-electron chi connectivity index (χ3n) is 3.05. The SMILES string of the molecule is Fc1cc(OC(F)F)c(C2CCNCC2)cc1F. The van der Waals surface area contributed by atoms with Crippen molar-refractivity contribution in [3.8, 4) is 5.75 Å². The molecule has 0 bridgehead atoms. The Morgan fingerprint density at radius 1 is 1.11 bits per heavy atom. The molecular weight excluding hydrogens is 250 g/mol. The van der Waals surface area contributed by atoms with Gasteiger partial charge < -0.3 is 10.1 Å². The second kappa shape index (κ2) is 5.56. The Morgan fingerprint density at radius 3 is 2.33 bits per heavy atom. The molecule has 1 aromatic carbocycles. The van der Waals surface area contributed by atoms with Gasteiger partial charge in [0.2, 0.25) is 0 Å². The van der Waals surface area contributed by atoms with Crippen molar-refractivity contribution in [1.82, 2.24) is 5.32 Å². The van der Waals surface area contributed by atoms with Gasteiger partial charge in [-0.1, -0.05) is 0 Å². The molecular formula is C12H13F4NO. The van der Waals surface area contributed by atoms with Crippen LogP contribution < -0.4 is 10.1 Å². The summed E-state index contributed by atoms with van der Waals surface area (Å²) in [6, 6.07) is 1.65. The number of alkyl halides is 2. The summed E-state index contributed by atoms with van der Waals surface area (Å²) in [5, 5.41) is 3.11. The molecule has 0 spiro atoms. The Bertz CT molecular complexity index is 419. The van der Waals surface area contributed by atoms with Crippen LogP contribution in [0.1, 0.15) is 24.3 Å². The fraction of sp³-hybridized carbons (Fsp3) is 0.500. The standard InChI is InChI=1S/C12H13F4NO/c13-9-5-8(7-1-3-17-4-2-7)11(6-10(9)14)18-12(15)16/h5-7,12,17H,1-4H2. The number of hydrogen-bond donors (Lipinski definition) is 1. The molecule has 1 heterocycles. The molecule has 2 rings (SSSR count). The van der Waals surface area contributed by atoms with Gasteiger partial charge in [-0.2, -0.15) is 8.78 Å². The minimum absolute atomic E-state index is 0.0879. The Morgan fingerprint density at radius 2 is 1.72 bits per heavy atom. The summed E-state index contributed by atoms with van der Waals surface area (Å²) in [7, 11) is 0. The highest BCUT2D eigenvalue weighted by Crippen LogP contribution is 2.35. The normalized spacial score (nSPS) is 17.2. The molecule has 0 atom stereocenters. The minimum atomic E-state index is -3.05. The number of rotatable bonds is 3. The smallest absolute Gasteiger partial charge is 0.387 e. The first kappa shape index (κ1) is 13.1. The summed E-state index contributed by atoms with van der Waals surface area (Å²) in [6.07, 6.45) is 1.37. The van der Waals surface area contributed by atoms with Crippen molar-refractivity contribution >= 4 is 0 Å². The van der Waals surface area contributed by atoms with Gasteiger partial charge in [0.05, 0.1) is 0 Å². The lowest BCUT2D eigenvalue weighted by atomic mass is 9.89. The molecule has 6 heteroatoms. The maximum absolute atomic E-state index is 13.2. The zero-order chi connectivity index (χ0) is 13.1. The summed E-state index contributed by atoms with van der Waals surface area (Å²) < 4.78 is 55.1. The first-order chi connectivity index (χ1) is 8.58. The Labute approximate surface area is 102 Å². The van der Waals surface area contributed by atoms with Gasteiger partial charge in [0.15, 0.2) is 11.6 Å². The van der Waals surface area contributed by atoms with Crippen molar-refractivity contribution < 1.29 is 22.3 Å². The topological polar surface area (TPSA) is 21.3 Å². The third kappa shape index (κ3) is 2.93. The van der Waals surface area contributed by atoms with Crippen molar-refractivity contribution in [3.05, 3.63) is 29.3 Å². The number of ether oxygens (including phenoxy) is 1. The molecule has 0 unspecified atom stereocenters. The van der Waals surface area contributed by atoms with Crippen LogP contribution in [0.2, 0.25) is 0 Å². The van der Waals surface area contributed by atoms with Crippen LogP contribution in [0, 0.1) is 11.6 Å². The van der Waals surface area contributed by atoms with Crippen LogP contribution in [0.4, 0.5) is 17.6 Å². The van der Waals surface area contributed by atoms with E-state index in [9.17, 15) is 17.6 Å². The highest BCUT2D eigenvalue weighted by molar-refractivity contribution is 5.38. The van der Waals surface area contributed by atoms with Gasteiger partial charge >= 0.3 is 6.61 Å². The van der Waals surface area contributed by atoms with Crippen LogP contribution in [0.3, 0.4) is 0 Å². The summed E-state index contributed by atoms with van der Waals surface area (Å²) >= 11 is 0. The van der Waals surface area contributed by atoms with Crippen LogP contribution in [-0.2, 0) is 0 Å². The Balaban J connectivity index is 2.32. The Hall–Kier alpha value is -1.30. The van der Waals surface area contributed by atoms with E-state index in [0.29, 0.717) is 24.5 Å². The highest BCUT2D eigenvalue weighted by atomic mass is 19.3.